The Morgan fingerprint density at radius 3 is 2.67 bits per heavy atom. The molecule has 5 rings (SSSR count). The fourth-order valence-electron chi connectivity index (χ4n) is 3.92. The minimum atomic E-state index is -0.297. The number of halogens is 1. The zero-order valence-electron chi connectivity index (χ0n) is 16.8. The average Bonchev–Trinajstić information content (AvgIpc) is 3.23. The smallest absolute Gasteiger partial charge is 0.229 e. The molecule has 30 heavy (non-hydrogen) atoms. The predicted octanol–water partition coefficient (Wildman–Crippen LogP) is 2.63. The van der Waals surface area contributed by atoms with E-state index in [0.29, 0.717) is 47.7 Å². The Hall–Kier alpha value is -2.78. The van der Waals surface area contributed by atoms with Crippen molar-refractivity contribution in [2.75, 3.05) is 56.3 Å². The van der Waals surface area contributed by atoms with E-state index in [1.807, 2.05) is 10.6 Å². The van der Waals surface area contributed by atoms with Crippen LogP contribution in [0.5, 0.6) is 0 Å². The van der Waals surface area contributed by atoms with Gasteiger partial charge < -0.3 is 19.7 Å². The van der Waals surface area contributed by atoms with E-state index in [1.165, 1.54) is 12.1 Å². The van der Waals surface area contributed by atoms with Crippen LogP contribution in [0.3, 0.4) is 0 Å². The summed E-state index contributed by atoms with van der Waals surface area (Å²) in [5.74, 6) is 1.59. The summed E-state index contributed by atoms with van der Waals surface area (Å²) >= 11 is 0. The van der Waals surface area contributed by atoms with Gasteiger partial charge in [0.2, 0.25) is 5.95 Å². The second-order valence-electron chi connectivity index (χ2n) is 7.67. The number of hydrogen-bond donors (Lipinski definition) is 1. The summed E-state index contributed by atoms with van der Waals surface area (Å²) in [7, 11) is 0. The Kier molecular flexibility index (Phi) is 5.46. The molecule has 0 saturated carbocycles. The van der Waals surface area contributed by atoms with Gasteiger partial charge in [-0.05, 0) is 37.0 Å². The van der Waals surface area contributed by atoms with Gasteiger partial charge in [-0.15, -0.1) is 0 Å². The number of imidazole rings is 1. The highest BCUT2D eigenvalue weighted by Crippen LogP contribution is 2.26. The van der Waals surface area contributed by atoms with E-state index < -0.39 is 0 Å². The summed E-state index contributed by atoms with van der Waals surface area (Å²) in [5.41, 5.74) is 2.02. The van der Waals surface area contributed by atoms with Gasteiger partial charge in [-0.25, -0.2) is 9.37 Å². The Morgan fingerprint density at radius 2 is 1.87 bits per heavy atom. The van der Waals surface area contributed by atoms with E-state index in [4.69, 9.17) is 19.4 Å². The highest BCUT2D eigenvalue weighted by molar-refractivity contribution is 5.85. The van der Waals surface area contributed by atoms with Gasteiger partial charge in [-0.3, -0.25) is 4.57 Å². The van der Waals surface area contributed by atoms with Crippen LogP contribution in [-0.4, -0.2) is 65.6 Å². The van der Waals surface area contributed by atoms with Gasteiger partial charge in [-0.2, -0.15) is 9.97 Å². The summed E-state index contributed by atoms with van der Waals surface area (Å²) in [6.07, 6.45) is 3.75. The molecule has 0 aliphatic carbocycles. The van der Waals surface area contributed by atoms with E-state index >= 15 is 0 Å². The molecule has 0 radical (unpaired) electrons. The molecule has 2 aliphatic rings. The number of benzene rings is 1. The van der Waals surface area contributed by atoms with Gasteiger partial charge in [0.05, 0.1) is 18.9 Å². The van der Waals surface area contributed by atoms with E-state index in [1.54, 1.807) is 12.4 Å². The third-order valence-corrected chi connectivity index (χ3v) is 5.66. The first-order valence-corrected chi connectivity index (χ1v) is 10.4. The van der Waals surface area contributed by atoms with Crippen molar-refractivity contribution in [3.8, 4) is 5.69 Å². The van der Waals surface area contributed by atoms with Crippen molar-refractivity contribution >= 4 is 22.9 Å². The van der Waals surface area contributed by atoms with Crippen molar-refractivity contribution in [1.82, 2.24) is 19.5 Å². The summed E-state index contributed by atoms with van der Waals surface area (Å²) in [4.78, 5) is 16.3. The lowest BCUT2D eigenvalue weighted by molar-refractivity contribution is 0.0699. The van der Waals surface area contributed by atoms with Gasteiger partial charge in [0.25, 0.3) is 0 Å². The summed E-state index contributed by atoms with van der Waals surface area (Å²) in [6.45, 7) is 5.19. The molecule has 0 spiro atoms. The van der Waals surface area contributed by atoms with Crippen molar-refractivity contribution in [1.29, 1.82) is 0 Å². The minimum absolute atomic E-state index is 0.297. The number of nitrogens with zero attached hydrogens (tertiary/aromatic N) is 5. The molecule has 1 N–H and O–H groups in total. The van der Waals surface area contributed by atoms with Crippen LogP contribution in [0.4, 0.5) is 16.2 Å². The molecular formula is C21H25FN6O2. The van der Waals surface area contributed by atoms with Crippen molar-refractivity contribution in [3.63, 3.8) is 0 Å². The third-order valence-electron chi connectivity index (χ3n) is 5.66. The molecule has 2 fully saturated rings. The maximum atomic E-state index is 13.8. The van der Waals surface area contributed by atoms with Gasteiger partial charge in [0.1, 0.15) is 12.1 Å². The number of rotatable bonds is 5. The molecule has 8 nitrogen and oxygen atoms in total. The second kappa shape index (κ2) is 8.53. The number of aromatic nitrogens is 4. The SMILES string of the molecule is Fc1cccc(-n2cnc3c(NCC4CCOCC4)nc(N4CCOCC4)nc32)c1. The third kappa shape index (κ3) is 3.95. The monoisotopic (exact) mass is 412 g/mol. The Balaban J connectivity index is 1.53. The molecule has 158 valence electrons. The quantitative estimate of drug-likeness (QED) is 0.690. The minimum Gasteiger partial charge on any atom is -0.381 e. The van der Waals surface area contributed by atoms with Crippen molar-refractivity contribution in [2.24, 2.45) is 5.92 Å². The molecule has 0 unspecified atom stereocenters. The van der Waals surface area contributed by atoms with Crippen LogP contribution < -0.4 is 10.2 Å². The maximum Gasteiger partial charge on any atom is 0.229 e. The van der Waals surface area contributed by atoms with Gasteiger partial charge in [0, 0.05) is 32.8 Å². The van der Waals surface area contributed by atoms with Crippen LogP contribution in [0.1, 0.15) is 12.8 Å². The molecule has 0 atom stereocenters. The highest BCUT2D eigenvalue weighted by Gasteiger charge is 2.21. The van der Waals surface area contributed by atoms with Gasteiger partial charge in [-0.1, -0.05) is 6.07 Å². The summed E-state index contributed by atoms with van der Waals surface area (Å²) < 4.78 is 26.6. The van der Waals surface area contributed by atoms with E-state index in [2.05, 4.69) is 15.2 Å². The lowest BCUT2D eigenvalue weighted by Crippen LogP contribution is -2.37. The Labute approximate surface area is 174 Å². The number of morpholine rings is 1. The van der Waals surface area contributed by atoms with Crippen LogP contribution in [0.15, 0.2) is 30.6 Å². The molecule has 9 heteroatoms. The van der Waals surface area contributed by atoms with E-state index in [9.17, 15) is 4.39 Å². The molecule has 2 saturated heterocycles. The largest absolute Gasteiger partial charge is 0.381 e. The van der Waals surface area contributed by atoms with Crippen LogP contribution in [-0.2, 0) is 9.47 Å². The Morgan fingerprint density at radius 1 is 1.07 bits per heavy atom. The summed E-state index contributed by atoms with van der Waals surface area (Å²) in [6, 6.07) is 6.44. The molecule has 2 aromatic heterocycles. The normalized spacial score (nSPS) is 18.1. The van der Waals surface area contributed by atoms with E-state index in [-0.39, 0.29) is 5.82 Å². The molecule has 1 aromatic carbocycles. The average molecular weight is 412 g/mol. The number of nitrogens with one attached hydrogen (secondary N) is 1. The molecular weight excluding hydrogens is 387 g/mol. The second-order valence-corrected chi connectivity index (χ2v) is 7.67. The van der Waals surface area contributed by atoms with Crippen molar-refractivity contribution in [2.45, 2.75) is 12.8 Å². The highest BCUT2D eigenvalue weighted by atomic mass is 19.1. The van der Waals surface area contributed by atoms with Crippen LogP contribution in [0, 0.1) is 11.7 Å². The number of anilines is 2. The van der Waals surface area contributed by atoms with E-state index in [0.717, 1.165) is 45.7 Å². The zero-order valence-corrected chi connectivity index (χ0v) is 16.8. The van der Waals surface area contributed by atoms with Crippen molar-refractivity contribution in [3.05, 3.63) is 36.4 Å². The molecule has 3 aromatic rings. The first kappa shape index (κ1) is 19.2. The lowest BCUT2D eigenvalue weighted by Gasteiger charge is -2.27. The molecule has 0 bridgehead atoms. The molecule has 0 amide bonds. The fourth-order valence-corrected chi connectivity index (χ4v) is 3.92. The number of hydrogen-bond acceptors (Lipinski definition) is 7. The van der Waals surface area contributed by atoms with Gasteiger partial charge in [0.15, 0.2) is 17.0 Å². The lowest BCUT2D eigenvalue weighted by atomic mass is 10.0. The van der Waals surface area contributed by atoms with Crippen LogP contribution >= 0.6 is 0 Å². The molecule has 2 aliphatic heterocycles. The zero-order chi connectivity index (χ0) is 20.3. The topological polar surface area (TPSA) is 77.3 Å². The maximum absolute atomic E-state index is 13.8. The predicted molar refractivity (Wildman–Crippen MR) is 112 cm³/mol. The van der Waals surface area contributed by atoms with Crippen molar-refractivity contribution < 1.29 is 13.9 Å². The first-order valence-electron chi connectivity index (χ1n) is 10.4. The fraction of sp³-hybridized carbons (Fsp3) is 0.476. The number of ether oxygens (including phenoxy) is 2. The first-order chi connectivity index (χ1) is 14.8. The standard InChI is InChI=1S/C21H25FN6O2/c22-16-2-1-3-17(12-16)28-14-24-18-19(23-13-15-4-8-29-9-5-15)25-21(26-20(18)28)27-6-10-30-11-7-27/h1-3,12,14-15H,4-11,13H2,(H,23,25,26). The van der Waals surface area contributed by atoms with Gasteiger partial charge >= 0.3 is 0 Å². The number of fused-ring (bicyclic) bond motifs is 1. The summed E-state index contributed by atoms with van der Waals surface area (Å²) in [5, 5.41) is 3.50. The Bertz CT molecular complexity index is 1010. The van der Waals surface area contributed by atoms with Crippen LogP contribution in [0.2, 0.25) is 0 Å². The molecule has 4 heterocycles. The van der Waals surface area contributed by atoms with Crippen LogP contribution in [0.25, 0.3) is 16.9 Å².